The van der Waals surface area contributed by atoms with Crippen molar-refractivity contribution < 1.29 is 4.79 Å². The van der Waals surface area contributed by atoms with Gasteiger partial charge in [0.15, 0.2) is 4.34 Å². The maximum absolute atomic E-state index is 11.7. The van der Waals surface area contributed by atoms with Crippen molar-refractivity contribution in [2.75, 3.05) is 11.1 Å². The van der Waals surface area contributed by atoms with Gasteiger partial charge in [-0.25, -0.2) is 0 Å². The molecule has 0 aliphatic carbocycles. The second kappa shape index (κ2) is 8.14. The summed E-state index contributed by atoms with van der Waals surface area (Å²) >= 11 is 2.86. The summed E-state index contributed by atoms with van der Waals surface area (Å²) < 4.78 is 0.787. The van der Waals surface area contributed by atoms with E-state index in [1.54, 1.807) is 0 Å². The lowest BCUT2D eigenvalue weighted by Gasteiger charge is -2.09. The summed E-state index contributed by atoms with van der Waals surface area (Å²) in [5, 5.41) is 15.1. The Kier molecular flexibility index (Phi) is 6.21. The minimum atomic E-state index is 0.0303. The van der Waals surface area contributed by atoms with Crippen LogP contribution in [0.25, 0.3) is 0 Å². The molecule has 2 N–H and O–H groups in total. The van der Waals surface area contributed by atoms with E-state index < -0.39 is 0 Å². The van der Waals surface area contributed by atoms with E-state index in [1.165, 1.54) is 28.7 Å². The Morgan fingerprint density at radius 2 is 2.23 bits per heavy atom. The highest BCUT2D eigenvalue weighted by Crippen LogP contribution is 2.27. The Bertz CT molecular complexity index is 630. The van der Waals surface area contributed by atoms with Crippen LogP contribution in [-0.2, 0) is 4.79 Å². The fourth-order valence-corrected chi connectivity index (χ4v) is 3.29. The van der Waals surface area contributed by atoms with E-state index in [4.69, 9.17) is 0 Å². The van der Waals surface area contributed by atoms with E-state index in [-0.39, 0.29) is 11.9 Å². The number of hydrogen-bond donors (Lipinski definition) is 2. The maximum Gasteiger partial charge on any atom is 0.230 e. The van der Waals surface area contributed by atoms with Gasteiger partial charge in [0.05, 0.1) is 5.75 Å². The van der Waals surface area contributed by atoms with E-state index in [0.29, 0.717) is 5.75 Å². The van der Waals surface area contributed by atoms with Gasteiger partial charge in [0.1, 0.15) is 0 Å². The van der Waals surface area contributed by atoms with Crippen LogP contribution in [0.2, 0.25) is 0 Å². The molecule has 1 amide bonds. The predicted octanol–water partition coefficient (Wildman–Crippen LogP) is 3.60. The first kappa shape index (κ1) is 16.8. The van der Waals surface area contributed by atoms with Crippen LogP contribution >= 0.6 is 23.1 Å². The Labute approximate surface area is 138 Å². The number of aryl methyl sites for hydroxylation is 1. The molecule has 118 valence electrons. The number of benzene rings is 1. The van der Waals surface area contributed by atoms with E-state index in [2.05, 4.69) is 20.8 Å². The number of rotatable bonds is 7. The van der Waals surface area contributed by atoms with Gasteiger partial charge in [-0.15, -0.1) is 10.2 Å². The number of nitrogens with one attached hydrogen (secondary N) is 2. The van der Waals surface area contributed by atoms with Crippen molar-refractivity contribution in [3.63, 3.8) is 0 Å². The highest BCUT2D eigenvalue weighted by molar-refractivity contribution is 8.01. The number of aromatic nitrogens is 2. The van der Waals surface area contributed by atoms with Crippen LogP contribution in [0, 0.1) is 6.92 Å². The van der Waals surface area contributed by atoms with Crippen LogP contribution in [0.3, 0.4) is 0 Å². The Morgan fingerprint density at radius 1 is 1.41 bits per heavy atom. The summed E-state index contributed by atoms with van der Waals surface area (Å²) in [5.41, 5.74) is 2.17. The summed E-state index contributed by atoms with van der Waals surface area (Å²) in [4.78, 5) is 11.7. The van der Waals surface area contributed by atoms with Crippen LogP contribution in [0.5, 0.6) is 0 Å². The van der Waals surface area contributed by atoms with Crippen molar-refractivity contribution in [3.8, 4) is 0 Å². The predicted molar refractivity (Wildman–Crippen MR) is 93.0 cm³/mol. The smallest absolute Gasteiger partial charge is 0.230 e. The van der Waals surface area contributed by atoms with Gasteiger partial charge < -0.3 is 10.6 Å². The number of carbonyl (C=O) groups excluding carboxylic acids is 1. The first-order valence-corrected chi connectivity index (χ1v) is 8.96. The van der Waals surface area contributed by atoms with Crippen molar-refractivity contribution in [1.82, 2.24) is 15.5 Å². The van der Waals surface area contributed by atoms with Crippen LogP contribution in [0.1, 0.15) is 25.8 Å². The second-order valence-corrected chi connectivity index (χ2v) is 7.23. The molecule has 0 bridgehead atoms. The SMILES string of the molecule is CC[C@@H](C)NC(=O)CSc1nnc(Nc2cccc(C)c2)s1. The summed E-state index contributed by atoms with van der Waals surface area (Å²) in [5.74, 6) is 0.395. The van der Waals surface area contributed by atoms with Gasteiger partial charge >= 0.3 is 0 Å². The van der Waals surface area contributed by atoms with E-state index in [1.807, 2.05) is 45.0 Å². The van der Waals surface area contributed by atoms with Gasteiger partial charge in [-0.2, -0.15) is 0 Å². The third kappa shape index (κ3) is 5.31. The van der Waals surface area contributed by atoms with Gasteiger partial charge in [0, 0.05) is 11.7 Å². The third-order valence-electron chi connectivity index (χ3n) is 3.02. The van der Waals surface area contributed by atoms with Crippen LogP contribution in [0.15, 0.2) is 28.6 Å². The van der Waals surface area contributed by atoms with Crippen LogP contribution in [0.4, 0.5) is 10.8 Å². The highest BCUT2D eigenvalue weighted by atomic mass is 32.2. The molecule has 0 radical (unpaired) electrons. The zero-order chi connectivity index (χ0) is 15.9. The molecule has 5 nitrogen and oxygen atoms in total. The first-order valence-electron chi connectivity index (χ1n) is 7.16. The molecule has 1 atom stereocenters. The molecule has 22 heavy (non-hydrogen) atoms. The monoisotopic (exact) mass is 336 g/mol. The zero-order valence-corrected chi connectivity index (χ0v) is 14.6. The molecular formula is C15H20N4OS2. The van der Waals surface area contributed by atoms with Gasteiger partial charge in [0.25, 0.3) is 0 Å². The van der Waals surface area contributed by atoms with E-state index in [0.717, 1.165) is 21.6 Å². The number of anilines is 2. The molecule has 2 aromatic rings. The lowest BCUT2D eigenvalue weighted by atomic mass is 10.2. The standard InChI is InChI=1S/C15H20N4OS2/c1-4-11(3)16-13(20)9-21-15-19-18-14(22-15)17-12-7-5-6-10(2)8-12/h5-8,11H,4,9H2,1-3H3,(H,16,20)(H,17,18)/t11-/m1/s1. The van der Waals surface area contributed by atoms with Gasteiger partial charge in [-0.3, -0.25) is 4.79 Å². The van der Waals surface area contributed by atoms with Crippen molar-refractivity contribution >= 4 is 39.8 Å². The molecule has 1 heterocycles. The first-order chi connectivity index (χ1) is 10.6. The minimum absolute atomic E-state index is 0.0303. The molecule has 0 aliphatic heterocycles. The largest absolute Gasteiger partial charge is 0.353 e. The Hall–Kier alpha value is -1.60. The minimum Gasteiger partial charge on any atom is -0.353 e. The summed E-state index contributed by atoms with van der Waals surface area (Å²) in [7, 11) is 0. The quantitative estimate of drug-likeness (QED) is 0.756. The molecule has 0 saturated heterocycles. The molecule has 1 aromatic carbocycles. The molecule has 7 heteroatoms. The van der Waals surface area contributed by atoms with Gasteiger partial charge in [0.2, 0.25) is 11.0 Å². The van der Waals surface area contributed by atoms with Gasteiger partial charge in [-0.05, 0) is 38.0 Å². The Balaban J connectivity index is 1.85. The summed E-state index contributed by atoms with van der Waals surface area (Å²) in [6.45, 7) is 6.09. The summed E-state index contributed by atoms with van der Waals surface area (Å²) in [6, 6.07) is 8.28. The number of thioether (sulfide) groups is 1. The molecule has 0 saturated carbocycles. The molecule has 0 spiro atoms. The topological polar surface area (TPSA) is 66.9 Å². The second-order valence-electron chi connectivity index (χ2n) is 5.03. The molecule has 0 fully saturated rings. The fraction of sp³-hybridized carbons (Fsp3) is 0.400. The lowest BCUT2D eigenvalue weighted by Crippen LogP contribution is -2.33. The van der Waals surface area contributed by atoms with Crippen molar-refractivity contribution in [2.45, 2.75) is 37.6 Å². The van der Waals surface area contributed by atoms with Crippen molar-refractivity contribution in [2.24, 2.45) is 0 Å². The molecule has 0 aliphatic rings. The average Bonchev–Trinajstić information content (AvgIpc) is 2.92. The fourth-order valence-electron chi connectivity index (χ4n) is 1.71. The number of nitrogens with zero attached hydrogens (tertiary/aromatic N) is 2. The lowest BCUT2D eigenvalue weighted by molar-refractivity contribution is -0.119. The van der Waals surface area contributed by atoms with Crippen LogP contribution < -0.4 is 10.6 Å². The number of carbonyl (C=O) groups is 1. The number of hydrogen-bond acceptors (Lipinski definition) is 6. The van der Waals surface area contributed by atoms with Crippen LogP contribution in [-0.4, -0.2) is 27.9 Å². The maximum atomic E-state index is 11.7. The zero-order valence-electron chi connectivity index (χ0n) is 12.9. The molecule has 1 aromatic heterocycles. The normalized spacial score (nSPS) is 12.0. The van der Waals surface area contributed by atoms with Gasteiger partial charge in [-0.1, -0.05) is 42.2 Å². The number of amides is 1. The summed E-state index contributed by atoms with van der Waals surface area (Å²) in [6.07, 6.45) is 0.930. The molecular weight excluding hydrogens is 316 g/mol. The van der Waals surface area contributed by atoms with Crippen molar-refractivity contribution in [3.05, 3.63) is 29.8 Å². The van der Waals surface area contributed by atoms with Crippen molar-refractivity contribution in [1.29, 1.82) is 0 Å². The van der Waals surface area contributed by atoms with E-state index in [9.17, 15) is 4.79 Å². The molecule has 0 unspecified atom stereocenters. The third-order valence-corrected chi connectivity index (χ3v) is 4.99. The van der Waals surface area contributed by atoms with E-state index >= 15 is 0 Å². The highest BCUT2D eigenvalue weighted by Gasteiger charge is 2.10. The Morgan fingerprint density at radius 3 is 2.95 bits per heavy atom. The average molecular weight is 336 g/mol. The molecule has 2 rings (SSSR count).